The first-order chi connectivity index (χ1) is 18.3. The predicted molar refractivity (Wildman–Crippen MR) is 141 cm³/mol. The van der Waals surface area contributed by atoms with Crippen molar-refractivity contribution in [1.82, 2.24) is 4.31 Å². The van der Waals surface area contributed by atoms with E-state index >= 15 is 0 Å². The lowest BCUT2D eigenvalue weighted by Crippen LogP contribution is -2.50. The molecule has 3 aliphatic heterocycles. The molecule has 3 heterocycles. The number of benzene rings is 3. The Morgan fingerprint density at radius 3 is 2.26 bits per heavy atom. The van der Waals surface area contributed by atoms with Crippen LogP contribution in [-0.4, -0.2) is 49.8 Å². The second-order valence-corrected chi connectivity index (χ2v) is 11.8. The number of aryl methyl sites for hydroxylation is 1. The zero-order chi connectivity index (χ0) is 26.6. The Labute approximate surface area is 220 Å². The number of sulfonamides is 1. The van der Waals surface area contributed by atoms with E-state index in [2.05, 4.69) is 0 Å². The fraction of sp³-hybridized carbons (Fsp3) is 0.321. The van der Waals surface area contributed by atoms with Gasteiger partial charge in [0.05, 0.1) is 16.3 Å². The number of anilines is 2. The number of rotatable bonds is 4. The molecule has 10 heteroatoms. The standard InChI is InChI=1S/C28H27N3O6S/c1-18-8-9-23-19(16-18)17-37-28(34)30(23)20-12-14-29(15-13-20)38(35,36)25-7-3-4-21-22(25)5-2-6-24(21)31-26(32)10-11-27(31)33/h2-9,16,20H,10-15,17H2,1H3. The van der Waals surface area contributed by atoms with Gasteiger partial charge in [0.1, 0.15) is 6.61 Å². The van der Waals surface area contributed by atoms with Gasteiger partial charge in [-0.25, -0.2) is 18.1 Å². The number of carbonyl (C=O) groups excluding carboxylic acids is 3. The number of imide groups is 1. The van der Waals surface area contributed by atoms with Gasteiger partial charge in [-0.05, 0) is 38.0 Å². The molecule has 0 N–H and O–H groups in total. The summed E-state index contributed by atoms with van der Waals surface area (Å²) in [5.74, 6) is -0.573. The lowest BCUT2D eigenvalue weighted by Gasteiger charge is -2.40. The summed E-state index contributed by atoms with van der Waals surface area (Å²) in [6.07, 6.45) is 0.825. The van der Waals surface area contributed by atoms with Gasteiger partial charge < -0.3 is 4.74 Å². The maximum Gasteiger partial charge on any atom is 0.414 e. The predicted octanol–water partition coefficient (Wildman–Crippen LogP) is 4.11. The number of amides is 3. The minimum absolute atomic E-state index is 0.132. The molecule has 0 bridgehead atoms. The monoisotopic (exact) mass is 533 g/mol. The van der Waals surface area contributed by atoms with Crippen molar-refractivity contribution in [2.45, 2.75) is 50.2 Å². The smallest absolute Gasteiger partial charge is 0.414 e. The van der Waals surface area contributed by atoms with Gasteiger partial charge in [-0.3, -0.25) is 14.5 Å². The first-order valence-electron chi connectivity index (χ1n) is 12.7. The van der Waals surface area contributed by atoms with Crippen molar-refractivity contribution in [2.24, 2.45) is 0 Å². The number of piperidine rings is 1. The van der Waals surface area contributed by atoms with E-state index in [-0.39, 0.29) is 55.3 Å². The molecule has 38 heavy (non-hydrogen) atoms. The highest BCUT2D eigenvalue weighted by Gasteiger charge is 2.38. The first-order valence-corrected chi connectivity index (χ1v) is 14.1. The quantitative estimate of drug-likeness (QED) is 0.468. The van der Waals surface area contributed by atoms with E-state index in [4.69, 9.17) is 4.74 Å². The highest BCUT2D eigenvalue weighted by atomic mass is 32.2. The summed E-state index contributed by atoms with van der Waals surface area (Å²) < 4.78 is 34.5. The molecule has 0 spiro atoms. The Bertz CT molecular complexity index is 1580. The SMILES string of the molecule is Cc1ccc2c(c1)COC(=O)N2C1CCN(S(=O)(=O)c2cccc3c(N4C(=O)CCC4=O)cccc23)CC1. The van der Waals surface area contributed by atoms with Gasteiger partial charge in [0.25, 0.3) is 0 Å². The summed E-state index contributed by atoms with van der Waals surface area (Å²) in [7, 11) is -3.88. The fourth-order valence-electron chi connectivity index (χ4n) is 5.73. The van der Waals surface area contributed by atoms with E-state index in [1.807, 2.05) is 25.1 Å². The van der Waals surface area contributed by atoms with Crippen molar-refractivity contribution in [2.75, 3.05) is 22.9 Å². The van der Waals surface area contributed by atoms with Crippen LogP contribution in [0.15, 0.2) is 59.5 Å². The van der Waals surface area contributed by atoms with Gasteiger partial charge in [-0.1, -0.05) is 42.0 Å². The van der Waals surface area contributed by atoms with Gasteiger partial charge in [-0.15, -0.1) is 0 Å². The summed E-state index contributed by atoms with van der Waals surface area (Å²) >= 11 is 0. The molecule has 3 aromatic rings. The van der Waals surface area contributed by atoms with Crippen molar-refractivity contribution < 1.29 is 27.5 Å². The van der Waals surface area contributed by atoms with Crippen LogP contribution in [0.1, 0.15) is 36.8 Å². The van der Waals surface area contributed by atoms with Crippen LogP contribution in [0.3, 0.4) is 0 Å². The van der Waals surface area contributed by atoms with E-state index in [0.717, 1.165) is 21.7 Å². The lowest BCUT2D eigenvalue weighted by molar-refractivity contribution is -0.121. The molecule has 0 unspecified atom stereocenters. The molecule has 9 nitrogen and oxygen atoms in total. The van der Waals surface area contributed by atoms with Gasteiger partial charge in [-0.2, -0.15) is 4.31 Å². The van der Waals surface area contributed by atoms with Crippen LogP contribution in [0, 0.1) is 6.92 Å². The average Bonchev–Trinajstić information content (AvgIpc) is 3.25. The van der Waals surface area contributed by atoms with Crippen LogP contribution >= 0.6 is 0 Å². The number of hydrogen-bond acceptors (Lipinski definition) is 6. The van der Waals surface area contributed by atoms with Crippen molar-refractivity contribution in [1.29, 1.82) is 0 Å². The highest BCUT2D eigenvalue weighted by molar-refractivity contribution is 7.89. The second-order valence-electron chi connectivity index (χ2n) is 9.94. The summed E-state index contributed by atoms with van der Waals surface area (Å²) in [6.45, 7) is 2.72. The minimum atomic E-state index is -3.88. The summed E-state index contributed by atoms with van der Waals surface area (Å²) in [6, 6.07) is 15.7. The third kappa shape index (κ3) is 3.95. The number of hydrogen-bond donors (Lipinski definition) is 0. The third-order valence-corrected chi connectivity index (χ3v) is 9.56. The zero-order valence-electron chi connectivity index (χ0n) is 20.9. The second kappa shape index (κ2) is 9.21. The summed E-state index contributed by atoms with van der Waals surface area (Å²) in [5.41, 5.74) is 3.25. The molecule has 3 amide bonds. The molecule has 0 saturated carbocycles. The summed E-state index contributed by atoms with van der Waals surface area (Å²) in [4.78, 5) is 40.4. The Kier molecular flexibility index (Phi) is 5.96. The van der Waals surface area contributed by atoms with Crippen LogP contribution in [0.4, 0.5) is 16.2 Å². The van der Waals surface area contributed by atoms with Crippen molar-refractivity contribution in [3.05, 3.63) is 65.7 Å². The molecule has 0 aliphatic carbocycles. The number of nitrogens with zero attached hydrogens (tertiary/aromatic N) is 3. The fourth-order valence-corrected chi connectivity index (χ4v) is 7.40. The number of fused-ring (bicyclic) bond motifs is 2. The topological polar surface area (TPSA) is 104 Å². The molecule has 3 aliphatic rings. The Morgan fingerprint density at radius 2 is 1.53 bits per heavy atom. The molecule has 3 aromatic carbocycles. The largest absolute Gasteiger partial charge is 0.444 e. The maximum absolute atomic E-state index is 13.8. The first kappa shape index (κ1) is 24.6. The normalized spacial score (nSPS) is 19.2. The average molecular weight is 534 g/mol. The van der Waals surface area contributed by atoms with Crippen LogP contribution in [0.2, 0.25) is 0 Å². The molecular formula is C28H27N3O6S. The van der Waals surface area contributed by atoms with Crippen molar-refractivity contribution >= 4 is 50.1 Å². The number of ether oxygens (including phenoxy) is 1. The third-order valence-electron chi connectivity index (χ3n) is 7.60. The molecular weight excluding hydrogens is 506 g/mol. The van der Waals surface area contributed by atoms with Gasteiger partial charge in [0.15, 0.2) is 0 Å². The molecule has 0 radical (unpaired) electrons. The van der Waals surface area contributed by atoms with Gasteiger partial charge in [0, 0.05) is 48.3 Å². The van der Waals surface area contributed by atoms with Gasteiger partial charge >= 0.3 is 6.09 Å². The van der Waals surface area contributed by atoms with Crippen LogP contribution in [0.5, 0.6) is 0 Å². The molecule has 196 valence electrons. The minimum Gasteiger partial charge on any atom is -0.444 e. The highest BCUT2D eigenvalue weighted by Crippen LogP contribution is 2.37. The molecule has 0 atom stereocenters. The summed E-state index contributed by atoms with van der Waals surface area (Å²) in [5, 5.41) is 0.999. The zero-order valence-corrected chi connectivity index (χ0v) is 21.7. The molecule has 6 rings (SSSR count). The number of carbonyl (C=O) groups is 3. The van der Waals surface area contributed by atoms with E-state index in [1.54, 1.807) is 41.3 Å². The van der Waals surface area contributed by atoms with E-state index in [1.165, 1.54) is 4.31 Å². The van der Waals surface area contributed by atoms with Crippen LogP contribution in [0.25, 0.3) is 10.8 Å². The lowest BCUT2D eigenvalue weighted by atomic mass is 10.0. The molecule has 2 saturated heterocycles. The molecule has 2 fully saturated rings. The maximum atomic E-state index is 13.8. The van der Waals surface area contributed by atoms with E-state index < -0.39 is 16.1 Å². The number of cyclic esters (lactones) is 1. The van der Waals surface area contributed by atoms with E-state index in [9.17, 15) is 22.8 Å². The van der Waals surface area contributed by atoms with Crippen molar-refractivity contribution in [3.63, 3.8) is 0 Å². The van der Waals surface area contributed by atoms with Gasteiger partial charge in [0.2, 0.25) is 21.8 Å². The Hall–Kier alpha value is -3.76. The van der Waals surface area contributed by atoms with Crippen LogP contribution < -0.4 is 9.80 Å². The Morgan fingerprint density at radius 1 is 0.842 bits per heavy atom. The van der Waals surface area contributed by atoms with Crippen molar-refractivity contribution in [3.8, 4) is 0 Å². The molecule has 0 aromatic heterocycles. The van der Waals surface area contributed by atoms with Crippen LogP contribution in [-0.2, 0) is 31.0 Å². The Balaban J connectivity index is 1.28. The van der Waals surface area contributed by atoms with E-state index in [0.29, 0.717) is 29.3 Å².